The molecule has 0 radical (unpaired) electrons. The maximum absolute atomic E-state index is 12.7. The zero-order valence-corrected chi connectivity index (χ0v) is 17.8. The minimum atomic E-state index is -0.371. The van der Waals surface area contributed by atoms with Crippen LogP contribution in [0.1, 0.15) is 19.4 Å². The lowest BCUT2D eigenvalue weighted by molar-refractivity contribution is 0.0174. The maximum atomic E-state index is 12.7. The van der Waals surface area contributed by atoms with Gasteiger partial charge in [-0.25, -0.2) is 14.8 Å². The second-order valence-electron chi connectivity index (χ2n) is 7.57. The van der Waals surface area contributed by atoms with E-state index in [1.165, 1.54) is 0 Å². The van der Waals surface area contributed by atoms with Crippen molar-refractivity contribution in [3.05, 3.63) is 52.5 Å². The minimum absolute atomic E-state index is 0.104. The fraction of sp³-hybridized carbons (Fsp3) is 0.435. The Morgan fingerprint density at radius 2 is 2.03 bits per heavy atom. The van der Waals surface area contributed by atoms with Crippen molar-refractivity contribution >= 4 is 16.7 Å². The topological polar surface area (TPSA) is 71.7 Å². The van der Waals surface area contributed by atoms with Crippen LogP contribution in [0.2, 0.25) is 0 Å². The summed E-state index contributed by atoms with van der Waals surface area (Å²) in [7, 11) is 0. The number of rotatable bonds is 6. The Labute approximate surface area is 176 Å². The van der Waals surface area contributed by atoms with E-state index in [4.69, 9.17) is 9.15 Å². The molecule has 7 heteroatoms. The molecule has 3 aromatic rings. The average molecular weight is 409 g/mol. The number of fused-ring (bicyclic) bond motifs is 1. The lowest BCUT2D eigenvalue weighted by Gasteiger charge is -2.36. The largest absolute Gasteiger partial charge is 0.403 e. The molecular formula is C23H28N4O3. The van der Waals surface area contributed by atoms with Crippen LogP contribution in [0.15, 0.2) is 45.7 Å². The number of pyridine rings is 1. The van der Waals surface area contributed by atoms with Crippen LogP contribution in [0.4, 0.5) is 5.82 Å². The standard InChI is InChI=1S/C23H28N4O3/c1-4-26(5-2)14-17-15-27(12-13-29-17)21-18(9-7-11-24-21)22-25-19-10-6-8-16(3)20(19)23(28)30-22/h6-11,17H,4-5,12-15H2,1-3H3. The lowest BCUT2D eigenvalue weighted by Crippen LogP contribution is -2.48. The molecule has 0 aliphatic carbocycles. The Kier molecular flexibility index (Phi) is 6.11. The highest BCUT2D eigenvalue weighted by atomic mass is 16.5. The van der Waals surface area contributed by atoms with Gasteiger partial charge in [0, 0.05) is 25.8 Å². The summed E-state index contributed by atoms with van der Waals surface area (Å²) in [6.07, 6.45) is 1.87. The van der Waals surface area contributed by atoms with E-state index >= 15 is 0 Å². The zero-order valence-electron chi connectivity index (χ0n) is 17.8. The highest BCUT2D eigenvalue weighted by molar-refractivity contribution is 5.82. The van der Waals surface area contributed by atoms with Crippen molar-refractivity contribution in [2.75, 3.05) is 44.2 Å². The van der Waals surface area contributed by atoms with Gasteiger partial charge in [0.1, 0.15) is 5.82 Å². The molecule has 1 unspecified atom stereocenters. The molecular weight excluding hydrogens is 380 g/mol. The van der Waals surface area contributed by atoms with Gasteiger partial charge in [-0.05, 0) is 43.8 Å². The summed E-state index contributed by atoms with van der Waals surface area (Å²) >= 11 is 0. The van der Waals surface area contributed by atoms with E-state index in [1.807, 2.05) is 37.3 Å². The smallest absolute Gasteiger partial charge is 0.347 e. The number of hydrogen-bond acceptors (Lipinski definition) is 7. The van der Waals surface area contributed by atoms with Crippen molar-refractivity contribution in [3.8, 4) is 11.5 Å². The van der Waals surface area contributed by atoms with Gasteiger partial charge in [-0.1, -0.05) is 26.0 Å². The van der Waals surface area contributed by atoms with Crippen LogP contribution < -0.4 is 10.5 Å². The molecule has 0 bridgehead atoms. The molecule has 2 aromatic heterocycles. The van der Waals surface area contributed by atoms with Crippen LogP contribution in [0.5, 0.6) is 0 Å². The molecule has 1 aromatic carbocycles. The summed E-state index contributed by atoms with van der Waals surface area (Å²) in [5, 5.41) is 0.525. The van der Waals surface area contributed by atoms with E-state index in [1.54, 1.807) is 6.20 Å². The van der Waals surface area contributed by atoms with E-state index in [0.29, 0.717) is 23.4 Å². The summed E-state index contributed by atoms with van der Waals surface area (Å²) in [6.45, 7) is 11.2. The number of anilines is 1. The molecule has 1 aliphatic heterocycles. The van der Waals surface area contributed by atoms with Crippen LogP contribution in [0.25, 0.3) is 22.4 Å². The van der Waals surface area contributed by atoms with Crippen molar-refractivity contribution in [1.29, 1.82) is 0 Å². The van der Waals surface area contributed by atoms with Gasteiger partial charge in [-0.2, -0.15) is 0 Å². The van der Waals surface area contributed by atoms with Gasteiger partial charge in [0.15, 0.2) is 0 Å². The fourth-order valence-corrected chi connectivity index (χ4v) is 4.01. The quantitative estimate of drug-likeness (QED) is 0.621. The molecule has 0 saturated carbocycles. The van der Waals surface area contributed by atoms with Crippen LogP contribution in [-0.4, -0.2) is 60.3 Å². The number of hydrogen-bond donors (Lipinski definition) is 0. The van der Waals surface area contributed by atoms with Gasteiger partial charge >= 0.3 is 5.63 Å². The van der Waals surface area contributed by atoms with Crippen LogP contribution >= 0.6 is 0 Å². The molecule has 4 rings (SSSR count). The third-order valence-corrected chi connectivity index (χ3v) is 5.68. The summed E-state index contributed by atoms with van der Waals surface area (Å²) < 4.78 is 11.6. The van der Waals surface area contributed by atoms with Gasteiger partial charge in [0.05, 0.1) is 29.2 Å². The number of ether oxygens (including phenoxy) is 1. The van der Waals surface area contributed by atoms with Crippen LogP contribution in [0, 0.1) is 6.92 Å². The molecule has 1 saturated heterocycles. The minimum Gasteiger partial charge on any atom is -0.403 e. The normalized spacial score (nSPS) is 17.1. The predicted molar refractivity (Wildman–Crippen MR) is 118 cm³/mol. The first-order chi connectivity index (χ1) is 14.6. The Hall–Kier alpha value is -2.77. The van der Waals surface area contributed by atoms with Gasteiger partial charge in [0.25, 0.3) is 0 Å². The number of aryl methyl sites for hydroxylation is 1. The van der Waals surface area contributed by atoms with Crippen molar-refractivity contribution in [3.63, 3.8) is 0 Å². The third kappa shape index (κ3) is 4.08. The molecule has 158 valence electrons. The molecule has 0 N–H and O–H groups in total. The van der Waals surface area contributed by atoms with Gasteiger partial charge in [-0.3, -0.25) is 0 Å². The second-order valence-corrected chi connectivity index (χ2v) is 7.57. The van der Waals surface area contributed by atoms with Crippen molar-refractivity contribution in [2.45, 2.75) is 26.9 Å². The van der Waals surface area contributed by atoms with Gasteiger partial charge in [0.2, 0.25) is 5.89 Å². The Morgan fingerprint density at radius 3 is 2.83 bits per heavy atom. The monoisotopic (exact) mass is 408 g/mol. The highest BCUT2D eigenvalue weighted by Crippen LogP contribution is 2.29. The predicted octanol–water partition coefficient (Wildman–Crippen LogP) is 3.11. The first-order valence-corrected chi connectivity index (χ1v) is 10.6. The SMILES string of the molecule is CCN(CC)CC1CN(c2ncccc2-c2nc3cccc(C)c3c(=O)o2)CCO1. The molecule has 30 heavy (non-hydrogen) atoms. The molecule has 1 fully saturated rings. The molecule has 0 spiro atoms. The molecule has 0 amide bonds. The number of aromatic nitrogens is 2. The summed E-state index contributed by atoms with van der Waals surface area (Å²) in [4.78, 5) is 26.5. The third-order valence-electron chi connectivity index (χ3n) is 5.68. The van der Waals surface area contributed by atoms with E-state index in [9.17, 15) is 4.79 Å². The van der Waals surface area contributed by atoms with Crippen LogP contribution in [0.3, 0.4) is 0 Å². The number of benzene rings is 1. The Balaban J connectivity index is 1.68. The molecule has 1 aliphatic rings. The number of morpholine rings is 1. The second kappa shape index (κ2) is 8.93. The maximum Gasteiger partial charge on any atom is 0.347 e. The van der Waals surface area contributed by atoms with Crippen molar-refractivity contribution in [1.82, 2.24) is 14.9 Å². The van der Waals surface area contributed by atoms with Crippen LogP contribution in [-0.2, 0) is 4.74 Å². The average Bonchev–Trinajstić information content (AvgIpc) is 2.77. The van der Waals surface area contributed by atoms with E-state index in [-0.39, 0.29) is 11.7 Å². The van der Waals surface area contributed by atoms with E-state index < -0.39 is 0 Å². The van der Waals surface area contributed by atoms with Crippen molar-refractivity contribution in [2.24, 2.45) is 0 Å². The van der Waals surface area contributed by atoms with E-state index in [0.717, 1.165) is 49.7 Å². The number of nitrogens with zero attached hydrogens (tertiary/aromatic N) is 4. The first-order valence-electron chi connectivity index (χ1n) is 10.6. The Morgan fingerprint density at radius 1 is 1.20 bits per heavy atom. The van der Waals surface area contributed by atoms with Gasteiger partial charge in [-0.15, -0.1) is 0 Å². The first kappa shape index (κ1) is 20.5. The molecule has 3 heterocycles. The fourth-order valence-electron chi connectivity index (χ4n) is 4.01. The highest BCUT2D eigenvalue weighted by Gasteiger charge is 2.26. The Bertz CT molecular complexity index is 1080. The summed E-state index contributed by atoms with van der Waals surface area (Å²) in [5.74, 6) is 1.07. The summed E-state index contributed by atoms with van der Waals surface area (Å²) in [6, 6.07) is 9.38. The zero-order chi connectivity index (χ0) is 21.1. The van der Waals surface area contributed by atoms with Crippen molar-refractivity contribution < 1.29 is 9.15 Å². The van der Waals surface area contributed by atoms with E-state index in [2.05, 4.69) is 33.6 Å². The molecule has 1 atom stereocenters. The summed E-state index contributed by atoms with van der Waals surface area (Å²) in [5.41, 5.74) is 1.85. The van der Waals surface area contributed by atoms with Gasteiger partial charge < -0.3 is 19.0 Å². The molecule has 7 nitrogen and oxygen atoms in total. The number of likely N-dealkylation sites (N-methyl/N-ethyl adjacent to an activating group) is 1. The lowest BCUT2D eigenvalue weighted by atomic mass is 10.1.